The zero-order valence-electron chi connectivity index (χ0n) is 8.09. The molecule has 0 aromatic heterocycles. The van der Waals surface area contributed by atoms with Crippen molar-refractivity contribution in [2.45, 2.75) is 25.1 Å². The van der Waals surface area contributed by atoms with E-state index in [0.29, 0.717) is 12.0 Å². The lowest BCUT2D eigenvalue weighted by atomic mass is 10.0. The molecule has 0 radical (unpaired) electrons. The van der Waals surface area contributed by atoms with E-state index in [-0.39, 0.29) is 12.0 Å². The molecular formula is C11H12F3N. The van der Waals surface area contributed by atoms with Crippen LogP contribution in [-0.2, 0) is 12.6 Å². The molecule has 82 valence electrons. The first-order valence-corrected chi connectivity index (χ1v) is 4.89. The average Bonchev–Trinajstić information content (AvgIpc) is 2.81. The largest absolute Gasteiger partial charge is 0.416 e. The average molecular weight is 215 g/mol. The van der Waals surface area contributed by atoms with Crippen LogP contribution in [0.25, 0.3) is 0 Å². The molecule has 0 unspecified atom stereocenters. The molecule has 1 nitrogen and oxygen atoms in total. The zero-order chi connectivity index (χ0) is 11.1. The molecule has 15 heavy (non-hydrogen) atoms. The van der Waals surface area contributed by atoms with E-state index in [1.54, 1.807) is 6.07 Å². The van der Waals surface area contributed by atoms with E-state index in [2.05, 4.69) is 0 Å². The standard InChI is InChI=1S/C11H12F3N/c12-11(13,14)9-4-2-1-3-7(9)5-8-6-10(8)15/h1-4,8,10H,5-6,15H2/t8-,10+/m1/s1. The van der Waals surface area contributed by atoms with E-state index in [1.165, 1.54) is 12.1 Å². The van der Waals surface area contributed by atoms with Gasteiger partial charge in [-0.25, -0.2) is 0 Å². The van der Waals surface area contributed by atoms with Crippen LogP contribution in [0.4, 0.5) is 13.2 Å². The van der Waals surface area contributed by atoms with Crippen LogP contribution in [0.15, 0.2) is 24.3 Å². The third-order valence-electron chi connectivity index (χ3n) is 2.78. The van der Waals surface area contributed by atoms with Gasteiger partial charge in [0.1, 0.15) is 0 Å². The molecule has 2 atom stereocenters. The fourth-order valence-electron chi connectivity index (χ4n) is 1.76. The third-order valence-corrected chi connectivity index (χ3v) is 2.78. The van der Waals surface area contributed by atoms with Crippen LogP contribution >= 0.6 is 0 Å². The molecular weight excluding hydrogens is 203 g/mol. The van der Waals surface area contributed by atoms with Crippen LogP contribution in [0.5, 0.6) is 0 Å². The zero-order valence-corrected chi connectivity index (χ0v) is 8.09. The second-order valence-electron chi connectivity index (χ2n) is 4.02. The molecule has 2 N–H and O–H groups in total. The summed E-state index contributed by atoms with van der Waals surface area (Å²) in [5.41, 5.74) is 5.43. The van der Waals surface area contributed by atoms with Gasteiger partial charge in [-0.15, -0.1) is 0 Å². The molecule has 0 aliphatic heterocycles. The Morgan fingerprint density at radius 1 is 1.27 bits per heavy atom. The highest BCUT2D eigenvalue weighted by molar-refractivity contribution is 5.30. The van der Waals surface area contributed by atoms with Crippen molar-refractivity contribution in [1.82, 2.24) is 0 Å². The summed E-state index contributed by atoms with van der Waals surface area (Å²) >= 11 is 0. The molecule has 1 aliphatic rings. The summed E-state index contributed by atoms with van der Waals surface area (Å²) in [5.74, 6) is 0.230. The topological polar surface area (TPSA) is 26.0 Å². The summed E-state index contributed by atoms with van der Waals surface area (Å²) in [6.07, 6.45) is -2.97. The van der Waals surface area contributed by atoms with Crippen molar-refractivity contribution >= 4 is 0 Å². The van der Waals surface area contributed by atoms with Gasteiger partial charge in [0.25, 0.3) is 0 Å². The van der Waals surface area contributed by atoms with Gasteiger partial charge in [-0.2, -0.15) is 13.2 Å². The van der Waals surface area contributed by atoms with Crippen molar-refractivity contribution < 1.29 is 13.2 Å². The first-order chi connectivity index (χ1) is 6.98. The quantitative estimate of drug-likeness (QED) is 0.806. The van der Waals surface area contributed by atoms with Gasteiger partial charge in [-0.3, -0.25) is 0 Å². The third kappa shape index (κ3) is 2.31. The van der Waals surface area contributed by atoms with Gasteiger partial charge in [-0.1, -0.05) is 18.2 Å². The SMILES string of the molecule is N[C@H]1C[C@H]1Cc1ccccc1C(F)(F)F. The predicted molar refractivity (Wildman–Crippen MR) is 51.2 cm³/mol. The minimum atomic E-state index is -4.25. The Labute approximate surface area is 86.1 Å². The smallest absolute Gasteiger partial charge is 0.327 e. The lowest BCUT2D eigenvalue weighted by molar-refractivity contribution is -0.138. The Balaban J connectivity index is 2.22. The molecule has 1 aliphatic carbocycles. The number of benzene rings is 1. The fourth-order valence-corrected chi connectivity index (χ4v) is 1.76. The molecule has 1 aromatic rings. The van der Waals surface area contributed by atoms with Gasteiger partial charge in [0.15, 0.2) is 0 Å². The van der Waals surface area contributed by atoms with Gasteiger partial charge >= 0.3 is 6.18 Å². The second kappa shape index (κ2) is 3.52. The molecule has 0 spiro atoms. The molecule has 0 bridgehead atoms. The van der Waals surface area contributed by atoms with Gasteiger partial charge < -0.3 is 5.73 Å². The Hall–Kier alpha value is -1.03. The van der Waals surface area contributed by atoms with Gasteiger partial charge in [0.2, 0.25) is 0 Å². The van der Waals surface area contributed by atoms with E-state index < -0.39 is 11.7 Å². The van der Waals surface area contributed by atoms with Gasteiger partial charge in [-0.05, 0) is 30.4 Å². The van der Waals surface area contributed by atoms with Gasteiger partial charge in [0, 0.05) is 6.04 Å². The lowest BCUT2D eigenvalue weighted by Gasteiger charge is -2.12. The summed E-state index contributed by atoms with van der Waals surface area (Å²) in [6, 6.07) is 5.81. The van der Waals surface area contributed by atoms with Crippen LogP contribution in [0.1, 0.15) is 17.5 Å². The number of rotatable bonds is 2. The van der Waals surface area contributed by atoms with Crippen LogP contribution in [0, 0.1) is 5.92 Å². The summed E-state index contributed by atoms with van der Waals surface area (Å²) in [4.78, 5) is 0. The number of hydrogen-bond donors (Lipinski definition) is 1. The summed E-state index contributed by atoms with van der Waals surface area (Å²) < 4.78 is 37.8. The van der Waals surface area contributed by atoms with Crippen molar-refractivity contribution in [2.75, 3.05) is 0 Å². The van der Waals surface area contributed by atoms with E-state index in [9.17, 15) is 13.2 Å². The number of alkyl halides is 3. The monoisotopic (exact) mass is 215 g/mol. The maximum atomic E-state index is 12.6. The second-order valence-corrected chi connectivity index (χ2v) is 4.02. The molecule has 0 saturated heterocycles. The molecule has 1 fully saturated rings. The minimum absolute atomic E-state index is 0.0892. The van der Waals surface area contributed by atoms with Crippen LogP contribution < -0.4 is 5.73 Å². The fraction of sp³-hybridized carbons (Fsp3) is 0.455. The molecule has 1 saturated carbocycles. The van der Waals surface area contributed by atoms with Crippen molar-refractivity contribution in [2.24, 2.45) is 11.7 Å². The number of halogens is 3. The van der Waals surface area contributed by atoms with Crippen molar-refractivity contribution in [3.05, 3.63) is 35.4 Å². The highest BCUT2D eigenvalue weighted by Crippen LogP contribution is 2.37. The van der Waals surface area contributed by atoms with E-state index in [1.807, 2.05) is 0 Å². The maximum absolute atomic E-state index is 12.6. The predicted octanol–water partition coefficient (Wildman–Crippen LogP) is 2.60. The van der Waals surface area contributed by atoms with Crippen LogP contribution in [0.3, 0.4) is 0 Å². The summed E-state index contributed by atoms with van der Waals surface area (Å²) in [6.45, 7) is 0. The molecule has 2 rings (SSSR count). The highest BCUT2D eigenvalue weighted by atomic mass is 19.4. The Morgan fingerprint density at radius 3 is 2.40 bits per heavy atom. The Morgan fingerprint density at radius 2 is 1.87 bits per heavy atom. The summed E-state index contributed by atoms with van der Waals surface area (Å²) in [7, 11) is 0. The highest BCUT2D eigenvalue weighted by Gasteiger charge is 2.37. The first-order valence-electron chi connectivity index (χ1n) is 4.89. The van der Waals surface area contributed by atoms with Crippen LogP contribution in [-0.4, -0.2) is 6.04 Å². The lowest BCUT2D eigenvalue weighted by Crippen LogP contribution is -2.11. The van der Waals surface area contributed by atoms with Crippen molar-refractivity contribution in [3.8, 4) is 0 Å². The maximum Gasteiger partial charge on any atom is 0.416 e. The van der Waals surface area contributed by atoms with Crippen molar-refractivity contribution in [1.29, 1.82) is 0 Å². The van der Waals surface area contributed by atoms with E-state index >= 15 is 0 Å². The Bertz CT molecular complexity index is 359. The number of nitrogens with two attached hydrogens (primary N) is 1. The molecule has 1 aromatic carbocycles. The molecule has 4 heteroatoms. The summed E-state index contributed by atoms with van der Waals surface area (Å²) in [5, 5.41) is 0. The van der Waals surface area contributed by atoms with E-state index in [4.69, 9.17) is 5.73 Å². The molecule has 0 heterocycles. The first kappa shape index (κ1) is 10.5. The van der Waals surface area contributed by atoms with Crippen LogP contribution in [0.2, 0.25) is 0 Å². The normalized spacial score (nSPS) is 25.3. The van der Waals surface area contributed by atoms with Crippen molar-refractivity contribution in [3.63, 3.8) is 0 Å². The van der Waals surface area contributed by atoms with Gasteiger partial charge in [0.05, 0.1) is 5.56 Å². The minimum Gasteiger partial charge on any atom is -0.327 e. The number of hydrogen-bond acceptors (Lipinski definition) is 1. The Kier molecular flexibility index (Phi) is 2.46. The van der Waals surface area contributed by atoms with E-state index in [0.717, 1.165) is 12.5 Å². The molecule has 0 amide bonds.